The molecule has 1 aliphatic rings. The molecular weight excluding hydrogens is 172 g/mol. The number of rotatable bonds is 4. The first-order chi connectivity index (χ1) is 6.45. The molecule has 2 heteroatoms. The van der Waals surface area contributed by atoms with E-state index < -0.39 is 0 Å². The normalized spacial score (nSPS) is 24.9. The van der Waals surface area contributed by atoms with Crippen LogP contribution in [-0.2, 0) is 0 Å². The molecule has 0 aromatic heterocycles. The van der Waals surface area contributed by atoms with Crippen LogP contribution in [0.2, 0.25) is 0 Å². The Labute approximate surface area is 88.8 Å². The second-order valence-corrected chi connectivity index (χ2v) is 5.77. The number of nitrogens with zero attached hydrogens (tertiary/aromatic N) is 1. The van der Waals surface area contributed by atoms with Gasteiger partial charge in [-0.15, -0.1) is 0 Å². The summed E-state index contributed by atoms with van der Waals surface area (Å²) in [5.74, 6) is 1.50. The molecule has 0 radical (unpaired) electrons. The topological polar surface area (TPSA) is 29.3 Å². The molecule has 1 atom stereocenters. The highest BCUT2D eigenvalue weighted by atomic mass is 15.2. The zero-order valence-electron chi connectivity index (χ0n) is 10.2. The Bertz CT molecular complexity index is 175. The van der Waals surface area contributed by atoms with Crippen molar-refractivity contribution in [2.24, 2.45) is 23.0 Å². The molecule has 14 heavy (non-hydrogen) atoms. The fraction of sp³-hybridized carbons (Fsp3) is 1.00. The maximum atomic E-state index is 5.69. The van der Waals surface area contributed by atoms with Crippen molar-refractivity contribution in [2.45, 2.75) is 34.1 Å². The highest BCUT2D eigenvalue weighted by molar-refractivity contribution is 4.82. The van der Waals surface area contributed by atoms with Crippen molar-refractivity contribution in [1.29, 1.82) is 0 Å². The molecule has 1 aliphatic heterocycles. The molecule has 0 saturated carbocycles. The minimum Gasteiger partial charge on any atom is -0.330 e. The maximum absolute atomic E-state index is 5.69. The van der Waals surface area contributed by atoms with Gasteiger partial charge < -0.3 is 10.6 Å². The third-order valence-electron chi connectivity index (χ3n) is 3.90. The molecule has 1 unspecified atom stereocenters. The molecule has 0 spiro atoms. The Morgan fingerprint density at radius 1 is 1.43 bits per heavy atom. The van der Waals surface area contributed by atoms with E-state index in [0.29, 0.717) is 5.41 Å². The standard InChI is InChI=1S/C12H26N2/c1-10(2)12(3,4)9-14-6-5-11(7-13)8-14/h10-11H,5-9,13H2,1-4H3. The number of nitrogens with two attached hydrogens (primary N) is 1. The van der Waals surface area contributed by atoms with E-state index in [1.165, 1.54) is 26.1 Å². The van der Waals surface area contributed by atoms with Gasteiger partial charge in [-0.05, 0) is 36.8 Å². The van der Waals surface area contributed by atoms with Crippen molar-refractivity contribution >= 4 is 0 Å². The number of hydrogen-bond donors (Lipinski definition) is 1. The monoisotopic (exact) mass is 198 g/mol. The van der Waals surface area contributed by atoms with Gasteiger partial charge in [-0.25, -0.2) is 0 Å². The van der Waals surface area contributed by atoms with Crippen LogP contribution < -0.4 is 5.73 Å². The quantitative estimate of drug-likeness (QED) is 0.748. The van der Waals surface area contributed by atoms with Crippen LogP contribution in [0.1, 0.15) is 34.1 Å². The maximum Gasteiger partial charge on any atom is 0.00353 e. The summed E-state index contributed by atoms with van der Waals surface area (Å²) in [7, 11) is 0. The third-order valence-corrected chi connectivity index (χ3v) is 3.90. The zero-order valence-corrected chi connectivity index (χ0v) is 10.2. The van der Waals surface area contributed by atoms with Gasteiger partial charge in [0.2, 0.25) is 0 Å². The van der Waals surface area contributed by atoms with Crippen LogP contribution in [0.25, 0.3) is 0 Å². The molecule has 1 heterocycles. The molecule has 1 rings (SSSR count). The van der Waals surface area contributed by atoms with Gasteiger partial charge in [0, 0.05) is 13.1 Å². The van der Waals surface area contributed by atoms with Gasteiger partial charge in [0.15, 0.2) is 0 Å². The van der Waals surface area contributed by atoms with Gasteiger partial charge in [0.25, 0.3) is 0 Å². The summed E-state index contributed by atoms with van der Waals surface area (Å²) in [6, 6.07) is 0. The van der Waals surface area contributed by atoms with E-state index in [1.54, 1.807) is 0 Å². The Kier molecular flexibility index (Phi) is 3.96. The van der Waals surface area contributed by atoms with E-state index in [9.17, 15) is 0 Å². The molecule has 0 aromatic carbocycles. The van der Waals surface area contributed by atoms with Gasteiger partial charge in [0.05, 0.1) is 0 Å². The van der Waals surface area contributed by atoms with Crippen molar-refractivity contribution in [2.75, 3.05) is 26.2 Å². The lowest BCUT2D eigenvalue weighted by Gasteiger charge is -2.33. The molecule has 2 N–H and O–H groups in total. The number of likely N-dealkylation sites (tertiary alicyclic amines) is 1. The highest BCUT2D eigenvalue weighted by Crippen LogP contribution is 2.29. The molecule has 0 amide bonds. The van der Waals surface area contributed by atoms with E-state index in [-0.39, 0.29) is 0 Å². The Balaban J connectivity index is 2.39. The predicted octanol–water partition coefficient (Wildman–Crippen LogP) is 1.95. The second kappa shape index (κ2) is 4.63. The lowest BCUT2D eigenvalue weighted by molar-refractivity contribution is 0.152. The van der Waals surface area contributed by atoms with Crippen molar-refractivity contribution in [3.05, 3.63) is 0 Å². The molecule has 1 saturated heterocycles. The van der Waals surface area contributed by atoms with E-state index in [2.05, 4.69) is 32.6 Å². The van der Waals surface area contributed by atoms with E-state index in [1.807, 2.05) is 0 Å². The molecule has 0 aliphatic carbocycles. The van der Waals surface area contributed by atoms with Crippen LogP contribution in [-0.4, -0.2) is 31.1 Å². The van der Waals surface area contributed by atoms with Gasteiger partial charge in [-0.3, -0.25) is 0 Å². The van der Waals surface area contributed by atoms with E-state index in [0.717, 1.165) is 18.4 Å². The average molecular weight is 198 g/mol. The summed E-state index contributed by atoms with van der Waals surface area (Å²) in [6.07, 6.45) is 1.30. The zero-order chi connectivity index (χ0) is 10.8. The van der Waals surface area contributed by atoms with Crippen molar-refractivity contribution in [3.63, 3.8) is 0 Å². The van der Waals surface area contributed by atoms with Crippen molar-refractivity contribution < 1.29 is 0 Å². The van der Waals surface area contributed by atoms with Crippen LogP contribution in [0.3, 0.4) is 0 Å². The predicted molar refractivity (Wildman–Crippen MR) is 62.2 cm³/mol. The van der Waals surface area contributed by atoms with Gasteiger partial charge in [-0.2, -0.15) is 0 Å². The first kappa shape index (κ1) is 12.0. The smallest absolute Gasteiger partial charge is 0.00353 e. The Hall–Kier alpha value is -0.0800. The molecular formula is C12H26N2. The number of hydrogen-bond acceptors (Lipinski definition) is 2. The van der Waals surface area contributed by atoms with Gasteiger partial charge in [0.1, 0.15) is 0 Å². The molecule has 0 aromatic rings. The Morgan fingerprint density at radius 3 is 2.50 bits per heavy atom. The molecule has 1 fully saturated rings. The van der Waals surface area contributed by atoms with E-state index in [4.69, 9.17) is 5.73 Å². The van der Waals surface area contributed by atoms with E-state index >= 15 is 0 Å². The van der Waals surface area contributed by atoms with Crippen LogP contribution in [0, 0.1) is 17.3 Å². The van der Waals surface area contributed by atoms with Crippen molar-refractivity contribution in [3.8, 4) is 0 Å². The fourth-order valence-corrected chi connectivity index (χ4v) is 2.01. The highest BCUT2D eigenvalue weighted by Gasteiger charge is 2.29. The minimum absolute atomic E-state index is 0.434. The summed E-state index contributed by atoms with van der Waals surface area (Å²) in [4.78, 5) is 2.58. The second-order valence-electron chi connectivity index (χ2n) is 5.77. The fourth-order valence-electron chi connectivity index (χ4n) is 2.01. The molecule has 0 bridgehead atoms. The Morgan fingerprint density at radius 2 is 2.07 bits per heavy atom. The van der Waals surface area contributed by atoms with Gasteiger partial charge in [-0.1, -0.05) is 27.7 Å². The lowest BCUT2D eigenvalue weighted by atomic mass is 9.81. The summed E-state index contributed by atoms with van der Waals surface area (Å²) < 4.78 is 0. The summed E-state index contributed by atoms with van der Waals surface area (Å²) in [5, 5.41) is 0. The first-order valence-corrected chi connectivity index (χ1v) is 5.88. The van der Waals surface area contributed by atoms with Crippen molar-refractivity contribution in [1.82, 2.24) is 4.90 Å². The van der Waals surface area contributed by atoms with Crippen LogP contribution in [0.15, 0.2) is 0 Å². The largest absolute Gasteiger partial charge is 0.330 e. The lowest BCUT2D eigenvalue weighted by Crippen LogP contribution is -2.36. The third kappa shape index (κ3) is 2.96. The van der Waals surface area contributed by atoms with Crippen LogP contribution in [0.5, 0.6) is 0 Å². The SMILES string of the molecule is CC(C)C(C)(C)CN1CCC(CN)C1. The minimum atomic E-state index is 0.434. The summed E-state index contributed by atoms with van der Waals surface area (Å²) in [6.45, 7) is 13.9. The molecule has 84 valence electrons. The first-order valence-electron chi connectivity index (χ1n) is 5.88. The van der Waals surface area contributed by atoms with Crippen LogP contribution in [0.4, 0.5) is 0 Å². The van der Waals surface area contributed by atoms with Crippen LogP contribution >= 0.6 is 0 Å². The van der Waals surface area contributed by atoms with Gasteiger partial charge >= 0.3 is 0 Å². The summed E-state index contributed by atoms with van der Waals surface area (Å²) in [5.41, 5.74) is 6.13. The summed E-state index contributed by atoms with van der Waals surface area (Å²) >= 11 is 0. The average Bonchev–Trinajstić information content (AvgIpc) is 2.51. The molecule has 2 nitrogen and oxygen atoms in total.